The van der Waals surface area contributed by atoms with Gasteiger partial charge in [-0.1, -0.05) is 87.2 Å². The molecule has 0 aliphatic carbocycles. The van der Waals surface area contributed by atoms with Crippen molar-refractivity contribution in [3.63, 3.8) is 0 Å². The number of para-hydroxylation sites is 4. The van der Waals surface area contributed by atoms with Gasteiger partial charge < -0.3 is 8.98 Å². The molecule has 5 aromatic carbocycles. The predicted octanol–water partition coefficient (Wildman–Crippen LogP) is 13.7. The van der Waals surface area contributed by atoms with Crippen LogP contribution in [0.4, 0.5) is 0 Å². The predicted molar refractivity (Wildman–Crippen MR) is 240 cm³/mol. The third-order valence-electron chi connectivity index (χ3n) is 11.1. The molecular weight excluding hydrogens is 935 g/mol. The van der Waals surface area contributed by atoms with Crippen molar-refractivity contribution >= 4 is 50.6 Å². The molecule has 4 nitrogen and oxygen atoms in total. The summed E-state index contributed by atoms with van der Waals surface area (Å²) in [7, 11) is 0. The normalized spacial score (nSPS) is 12.0. The average Bonchev–Trinajstić information content (AvgIpc) is 3.76. The number of aromatic nitrogens is 3. The van der Waals surface area contributed by atoms with Gasteiger partial charge in [0.25, 0.3) is 0 Å². The van der Waals surface area contributed by atoms with Crippen molar-refractivity contribution in [3.8, 4) is 28.3 Å². The summed E-state index contributed by atoms with van der Waals surface area (Å²) in [6.45, 7) is 16.0. The minimum Gasteiger partial charge on any atom is 0 e. The number of rotatable bonds is 9. The molecule has 8 rings (SSSR count). The zero-order valence-corrected chi connectivity index (χ0v) is 39.6. The molecule has 0 fully saturated rings. The molecule has 8 aromatic rings. The summed E-state index contributed by atoms with van der Waals surface area (Å²) in [5.41, 5.74) is 12.5. The Bertz CT molecular complexity index is 2600. The Balaban J connectivity index is 0.000000208. The molecule has 3 heterocycles. The SMILES string of the molecule is CC(C)c1cccc(C(C)C)c1-n1c(-c2[c-]ccc3c2oc2ccccc23)nc2ccccc21.CCC(C)(C)Cc1cc(-c2[c-]cccc2)nc[c]1[Ge]([CH3])([CH3])[CH3].[Ir]. The topological polar surface area (TPSA) is 43.9 Å². The molecule has 0 aliphatic rings. The molecule has 0 atom stereocenters. The van der Waals surface area contributed by atoms with E-state index in [0.29, 0.717) is 17.3 Å². The van der Waals surface area contributed by atoms with Gasteiger partial charge in [-0.3, -0.25) is 4.98 Å². The quantitative estimate of drug-likeness (QED) is 0.107. The van der Waals surface area contributed by atoms with E-state index in [1.807, 2.05) is 36.4 Å². The van der Waals surface area contributed by atoms with Crippen LogP contribution in [0.1, 0.15) is 83.4 Å². The molecule has 295 valence electrons. The van der Waals surface area contributed by atoms with Crippen LogP contribution in [0.2, 0.25) is 17.3 Å². The molecule has 6 heteroatoms. The van der Waals surface area contributed by atoms with E-state index in [-0.39, 0.29) is 20.1 Å². The second-order valence-electron chi connectivity index (χ2n) is 17.5. The number of nitrogens with zero attached hydrogens (tertiary/aromatic N) is 3. The van der Waals surface area contributed by atoms with E-state index in [1.54, 1.807) is 4.40 Å². The van der Waals surface area contributed by atoms with Crippen LogP contribution in [0.5, 0.6) is 0 Å². The maximum absolute atomic E-state index is 6.40. The number of hydrogen-bond acceptors (Lipinski definition) is 3. The Hall–Kier alpha value is -4.29. The van der Waals surface area contributed by atoms with Crippen molar-refractivity contribution in [3.05, 3.63) is 144 Å². The van der Waals surface area contributed by atoms with Crippen LogP contribution >= 0.6 is 0 Å². The molecule has 0 unspecified atom stereocenters. The molecule has 0 N–H and O–H groups in total. The number of furan rings is 1. The van der Waals surface area contributed by atoms with Crippen molar-refractivity contribution in [2.75, 3.05) is 0 Å². The van der Waals surface area contributed by atoms with Gasteiger partial charge in [-0.2, -0.15) is 0 Å². The average molecular weight is 991 g/mol. The number of benzene rings is 5. The molecule has 0 saturated heterocycles. The zero-order chi connectivity index (χ0) is 39.8. The van der Waals surface area contributed by atoms with E-state index < -0.39 is 13.3 Å². The minimum atomic E-state index is -1.91. The summed E-state index contributed by atoms with van der Waals surface area (Å²) in [6.07, 6.45) is 4.47. The van der Waals surface area contributed by atoms with E-state index in [1.165, 1.54) is 28.8 Å². The van der Waals surface area contributed by atoms with E-state index >= 15 is 0 Å². The number of fused-ring (bicyclic) bond motifs is 4. The molecule has 0 aliphatic heterocycles. The first-order valence-corrected chi connectivity index (χ1v) is 27.5. The summed E-state index contributed by atoms with van der Waals surface area (Å²) >= 11 is -1.91. The summed E-state index contributed by atoms with van der Waals surface area (Å²) in [4.78, 5) is 9.90. The smallest absolute Gasteiger partial charge is 0 e. The molecule has 0 amide bonds. The largest absolute Gasteiger partial charge is 0 e. The molecule has 57 heavy (non-hydrogen) atoms. The van der Waals surface area contributed by atoms with E-state index in [9.17, 15) is 0 Å². The van der Waals surface area contributed by atoms with E-state index in [0.717, 1.165) is 62.0 Å². The fourth-order valence-electron chi connectivity index (χ4n) is 7.71. The van der Waals surface area contributed by atoms with Crippen LogP contribution in [0.25, 0.3) is 61.3 Å². The van der Waals surface area contributed by atoms with Gasteiger partial charge in [0.1, 0.15) is 5.58 Å². The first kappa shape index (κ1) is 42.3. The summed E-state index contributed by atoms with van der Waals surface area (Å²) in [5.74, 6) is 8.96. The van der Waals surface area contributed by atoms with Crippen molar-refractivity contribution < 1.29 is 24.5 Å². The van der Waals surface area contributed by atoms with Gasteiger partial charge in [0.15, 0.2) is 0 Å². The monoisotopic (exact) mass is 992 g/mol. The third-order valence-corrected chi connectivity index (χ3v) is 15.4. The molecule has 0 bridgehead atoms. The summed E-state index contributed by atoms with van der Waals surface area (Å²) in [6, 6.07) is 44.5. The summed E-state index contributed by atoms with van der Waals surface area (Å²) < 4.78 is 10.3. The van der Waals surface area contributed by atoms with Crippen molar-refractivity contribution in [1.29, 1.82) is 0 Å². The second-order valence-corrected chi connectivity index (χ2v) is 28.1. The molecule has 0 saturated carbocycles. The molecular formula is C51H55GeIrN3O-2. The van der Waals surface area contributed by atoms with Crippen LogP contribution in [0.3, 0.4) is 0 Å². The molecule has 0 spiro atoms. The second kappa shape index (κ2) is 17.3. The van der Waals surface area contributed by atoms with Crippen molar-refractivity contribution in [2.45, 2.75) is 90.4 Å². The van der Waals surface area contributed by atoms with Crippen LogP contribution in [0, 0.1) is 17.5 Å². The molecule has 3 aromatic heterocycles. The number of pyridine rings is 1. The van der Waals surface area contributed by atoms with Crippen LogP contribution in [-0.2, 0) is 26.5 Å². The van der Waals surface area contributed by atoms with Gasteiger partial charge in [-0.15, -0.1) is 18.2 Å². The van der Waals surface area contributed by atoms with Gasteiger partial charge in [0.2, 0.25) is 0 Å². The van der Waals surface area contributed by atoms with Crippen LogP contribution in [0.15, 0.2) is 120 Å². The fraction of sp³-hybridized carbons (Fsp3) is 0.294. The van der Waals surface area contributed by atoms with E-state index in [2.05, 4.69) is 161 Å². The van der Waals surface area contributed by atoms with Crippen LogP contribution in [-0.4, -0.2) is 27.8 Å². The van der Waals surface area contributed by atoms with Crippen molar-refractivity contribution in [1.82, 2.24) is 14.5 Å². The Morgan fingerprint density at radius 2 is 1.46 bits per heavy atom. The Morgan fingerprint density at radius 1 is 0.772 bits per heavy atom. The maximum atomic E-state index is 6.40. The Kier molecular flexibility index (Phi) is 12.8. The fourth-order valence-corrected chi connectivity index (χ4v) is 11.0. The van der Waals surface area contributed by atoms with E-state index in [4.69, 9.17) is 14.4 Å². The molecule has 1 radical (unpaired) electrons. The Morgan fingerprint density at radius 3 is 2.12 bits per heavy atom. The first-order chi connectivity index (χ1) is 26.8. The van der Waals surface area contributed by atoms with Crippen molar-refractivity contribution in [2.24, 2.45) is 5.41 Å². The van der Waals surface area contributed by atoms with Gasteiger partial charge in [0.05, 0.1) is 22.4 Å². The van der Waals surface area contributed by atoms with Gasteiger partial charge in [-0.05, 0) is 41.2 Å². The first-order valence-electron chi connectivity index (χ1n) is 20.2. The number of imidazole rings is 1. The van der Waals surface area contributed by atoms with Crippen LogP contribution < -0.4 is 4.40 Å². The van der Waals surface area contributed by atoms with Gasteiger partial charge >= 0.3 is 138 Å². The standard InChI is InChI=1S/C31H27N2O.C20H28GeN.Ir/c1-19(2)21-12-9-13-22(20(3)4)29(21)33-27-17-7-6-16-26(27)32-31(33)25-15-10-14-24-23-11-5-8-18-28(23)34-30(24)25;1-7-20(2,3)14-17-13-19(16-11-9-8-10-12-16)22-15-18(17)21(4,5)6;/h5-14,16-20H,1-4H3;8-11,13,15H,7,14H2,1-6H3;/q2*-1;. The summed E-state index contributed by atoms with van der Waals surface area (Å²) in [5, 5.41) is 2.20. The number of hydrogen-bond donors (Lipinski definition) is 0. The zero-order valence-electron chi connectivity index (χ0n) is 35.1. The van der Waals surface area contributed by atoms with Gasteiger partial charge in [0, 0.05) is 31.2 Å². The van der Waals surface area contributed by atoms with Gasteiger partial charge in [-0.25, -0.2) is 0 Å². The third kappa shape index (κ3) is 8.77. The minimum absolute atomic E-state index is 0. The Labute approximate surface area is 355 Å². The maximum Gasteiger partial charge on any atom is 0 e.